The van der Waals surface area contributed by atoms with E-state index in [9.17, 15) is 4.79 Å². The first-order valence-electron chi connectivity index (χ1n) is 8.47. The van der Waals surface area contributed by atoms with Crippen molar-refractivity contribution in [1.29, 1.82) is 0 Å². The predicted molar refractivity (Wildman–Crippen MR) is 113 cm³/mol. The minimum atomic E-state index is 0.175. The van der Waals surface area contributed by atoms with Crippen molar-refractivity contribution in [3.63, 3.8) is 0 Å². The highest BCUT2D eigenvalue weighted by molar-refractivity contribution is 14.1. The molecule has 0 aliphatic carbocycles. The summed E-state index contributed by atoms with van der Waals surface area (Å²) in [5, 5.41) is 3.32. The Labute approximate surface area is 166 Å². The highest BCUT2D eigenvalue weighted by Crippen LogP contribution is 2.44. The third-order valence-electron chi connectivity index (χ3n) is 4.58. The van der Waals surface area contributed by atoms with Gasteiger partial charge in [-0.1, -0.05) is 54.2 Å². The largest absolute Gasteiger partial charge is 0.335 e. The third kappa shape index (κ3) is 3.42. The van der Waals surface area contributed by atoms with Crippen molar-refractivity contribution in [2.75, 3.05) is 6.54 Å². The Hall–Kier alpha value is -1.53. The van der Waals surface area contributed by atoms with E-state index in [1.165, 1.54) is 11.3 Å². The molecule has 2 heterocycles. The number of rotatable bonds is 3. The Bertz CT molecular complexity index is 855. The van der Waals surface area contributed by atoms with Crippen LogP contribution in [0.25, 0.3) is 5.70 Å². The molecule has 2 aromatic rings. The van der Waals surface area contributed by atoms with Gasteiger partial charge in [0, 0.05) is 26.7 Å². The van der Waals surface area contributed by atoms with E-state index in [1.54, 1.807) is 11.8 Å². The maximum Gasteiger partial charge on any atom is 0.191 e. The number of Topliss-reactive ketones (excluding diaryl/α,β-unsaturated/α-hetero) is 1. The lowest BCUT2D eigenvalue weighted by atomic mass is 10.0. The van der Waals surface area contributed by atoms with Crippen LogP contribution in [0.2, 0.25) is 0 Å². The van der Waals surface area contributed by atoms with Gasteiger partial charge in [0.25, 0.3) is 0 Å². The number of hydrogen-bond donors (Lipinski definition) is 0. The summed E-state index contributed by atoms with van der Waals surface area (Å²) in [6, 6.07) is 18.3. The summed E-state index contributed by atoms with van der Waals surface area (Å²) < 4.78 is 1.15. The van der Waals surface area contributed by atoms with Crippen molar-refractivity contribution in [3.8, 4) is 0 Å². The molecule has 2 aliphatic rings. The minimum Gasteiger partial charge on any atom is -0.335 e. The quantitative estimate of drug-likeness (QED) is 0.420. The number of fused-ring (bicyclic) bond motifs is 1. The average Bonchev–Trinajstić information content (AvgIpc) is 2.95. The zero-order valence-corrected chi connectivity index (χ0v) is 16.7. The SMILES string of the molecule is O=C(C1=C2SC=C(c3ccccc3)N2CCCC1)c1ccc(I)cc1. The van der Waals surface area contributed by atoms with Gasteiger partial charge < -0.3 is 4.90 Å². The van der Waals surface area contributed by atoms with Gasteiger partial charge >= 0.3 is 0 Å². The molecule has 0 radical (unpaired) electrons. The first-order chi connectivity index (χ1) is 12.2. The van der Waals surface area contributed by atoms with Gasteiger partial charge in [0.15, 0.2) is 5.78 Å². The standard InChI is InChI=1S/C21H18INOS/c22-17-11-9-16(10-12-17)20(24)18-8-4-5-13-23-19(14-25-21(18)23)15-6-2-1-3-7-15/h1-3,6-7,9-12,14H,4-5,8,13H2. The van der Waals surface area contributed by atoms with Crippen LogP contribution in [-0.4, -0.2) is 17.2 Å². The van der Waals surface area contributed by atoms with Gasteiger partial charge in [-0.2, -0.15) is 0 Å². The van der Waals surface area contributed by atoms with Crippen LogP contribution in [0.15, 0.2) is 70.6 Å². The number of carbonyl (C=O) groups excluding carboxylic acids is 1. The second kappa shape index (κ2) is 7.38. The number of nitrogens with zero attached hydrogens (tertiary/aromatic N) is 1. The molecule has 0 bridgehead atoms. The third-order valence-corrected chi connectivity index (χ3v) is 6.34. The Kier molecular flexibility index (Phi) is 4.99. The molecule has 0 fully saturated rings. The van der Waals surface area contributed by atoms with Gasteiger partial charge in [-0.3, -0.25) is 4.79 Å². The van der Waals surface area contributed by atoms with Gasteiger partial charge in [0.2, 0.25) is 0 Å². The fourth-order valence-electron chi connectivity index (χ4n) is 3.30. The molecule has 4 rings (SSSR count). The zero-order valence-electron chi connectivity index (χ0n) is 13.7. The first kappa shape index (κ1) is 16.9. The van der Waals surface area contributed by atoms with E-state index >= 15 is 0 Å². The number of carbonyl (C=O) groups is 1. The smallest absolute Gasteiger partial charge is 0.191 e. The molecule has 0 spiro atoms. The van der Waals surface area contributed by atoms with Crippen LogP contribution in [0, 0.1) is 3.57 Å². The predicted octanol–water partition coefficient (Wildman–Crippen LogP) is 5.92. The molecule has 0 N–H and O–H groups in total. The van der Waals surface area contributed by atoms with Crippen molar-refractivity contribution < 1.29 is 4.79 Å². The molecule has 4 heteroatoms. The van der Waals surface area contributed by atoms with Gasteiger partial charge in [-0.15, -0.1) is 0 Å². The highest BCUT2D eigenvalue weighted by Gasteiger charge is 2.30. The summed E-state index contributed by atoms with van der Waals surface area (Å²) in [7, 11) is 0. The topological polar surface area (TPSA) is 20.3 Å². The van der Waals surface area contributed by atoms with E-state index in [4.69, 9.17) is 0 Å². The van der Waals surface area contributed by atoms with E-state index < -0.39 is 0 Å². The highest BCUT2D eigenvalue weighted by atomic mass is 127. The average molecular weight is 459 g/mol. The summed E-state index contributed by atoms with van der Waals surface area (Å²) in [6.45, 7) is 0.979. The maximum absolute atomic E-state index is 13.1. The number of allylic oxidation sites excluding steroid dienone is 1. The summed E-state index contributed by atoms with van der Waals surface area (Å²) in [4.78, 5) is 15.5. The van der Waals surface area contributed by atoms with Crippen molar-refractivity contribution in [2.24, 2.45) is 0 Å². The van der Waals surface area contributed by atoms with Gasteiger partial charge in [-0.25, -0.2) is 0 Å². The lowest BCUT2D eigenvalue weighted by Gasteiger charge is -2.23. The van der Waals surface area contributed by atoms with E-state index in [0.29, 0.717) is 0 Å². The summed E-state index contributed by atoms with van der Waals surface area (Å²) in [6.07, 6.45) is 3.03. The molecule has 0 saturated carbocycles. The van der Waals surface area contributed by atoms with Crippen LogP contribution in [-0.2, 0) is 0 Å². The minimum absolute atomic E-state index is 0.175. The fraction of sp³-hybridized carbons (Fsp3) is 0.190. The lowest BCUT2D eigenvalue weighted by Crippen LogP contribution is -2.19. The monoisotopic (exact) mass is 459 g/mol. The van der Waals surface area contributed by atoms with Crippen LogP contribution in [0.3, 0.4) is 0 Å². The van der Waals surface area contributed by atoms with Crippen LogP contribution in [0.4, 0.5) is 0 Å². The Morgan fingerprint density at radius 3 is 2.52 bits per heavy atom. The Balaban J connectivity index is 1.70. The number of benzene rings is 2. The fourth-order valence-corrected chi connectivity index (χ4v) is 4.80. The van der Waals surface area contributed by atoms with Gasteiger partial charge in [0.1, 0.15) is 0 Å². The van der Waals surface area contributed by atoms with E-state index in [2.05, 4.69) is 57.2 Å². The molecule has 0 amide bonds. The molecular weight excluding hydrogens is 441 g/mol. The second-order valence-corrected chi connectivity index (χ2v) is 8.32. The molecule has 126 valence electrons. The number of thioether (sulfide) groups is 1. The number of hydrogen-bond acceptors (Lipinski definition) is 3. The molecule has 2 aliphatic heterocycles. The molecule has 0 aromatic heterocycles. The van der Waals surface area contributed by atoms with Crippen LogP contribution < -0.4 is 0 Å². The summed E-state index contributed by atoms with van der Waals surface area (Å²) >= 11 is 3.97. The van der Waals surface area contributed by atoms with E-state index in [1.807, 2.05) is 30.3 Å². The molecule has 0 unspecified atom stereocenters. The van der Waals surface area contributed by atoms with E-state index in [-0.39, 0.29) is 5.78 Å². The Morgan fingerprint density at radius 1 is 1.00 bits per heavy atom. The van der Waals surface area contributed by atoms with Crippen molar-refractivity contribution >= 4 is 45.8 Å². The molecule has 25 heavy (non-hydrogen) atoms. The second-order valence-electron chi connectivity index (χ2n) is 6.22. The lowest BCUT2D eigenvalue weighted by molar-refractivity contribution is 0.102. The normalized spacial score (nSPS) is 17.2. The van der Waals surface area contributed by atoms with Crippen LogP contribution in [0.1, 0.15) is 35.2 Å². The van der Waals surface area contributed by atoms with Crippen LogP contribution >= 0.6 is 34.4 Å². The molecule has 0 atom stereocenters. The van der Waals surface area contributed by atoms with Crippen molar-refractivity contribution in [2.45, 2.75) is 19.3 Å². The van der Waals surface area contributed by atoms with Crippen molar-refractivity contribution in [3.05, 3.63) is 85.3 Å². The first-order valence-corrected chi connectivity index (χ1v) is 10.4. The summed E-state index contributed by atoms with van der Waals surface area (Å²) in [5.41, 5.74) is 4.19. The molecule has 0 saturated heterocycles. The van der Waals surface area contributed by atoms with Crippen LogP contribution in [0.5, 0.6) is 0 Å². The van der Waals surface area contributed by atoms with Gasteiger partial charge in [0.05, 0.1) is 10.7 Å². The Morgan fingerprint density at radius 2 is 1.76 bits per heavy atom. The van der Waals surface area contributed by atoms with Crippen molar-refractivity contribution in [1.82, 2.24) is 4.90 Å². The van der Waals surface area contributed by atoms with Gasteiger partial charge in [-0.05, 0) is 59.5 Å². The molecular formula is C21H18INOS. The van der Waals surface area contributed by atoms with E-state index in [0.717, 1.165) is 45.5 Å². The molecule has 2 aromatic carbocycles. The number of halogens is 1. The maximum atomic E-state index is 13.1. The molecule has 2 nitrogen and oxygen atoms in total. The number of ketones is 1. The summed E-state index contributed by atoms with van der Waals surface area (Å²) in [5.74, 6) is 0.175. The zero-order chi connectivity index (χ0) is 17.2.